The fourth-order valence-electron chi connectivity index (χ4n) is 1.55. The molecule has 0 bridgehead atoms. The van der Waals surface area contributed by atoms with Gasteiger partial charge in [-0.25, -0.2) is 0 Å². The maximum Gasteiger partial charge on any atom is 0.306 e. The number of rotatable bonds is 5. The summed E-state index contributed by atoms with van der Waals surface area (Å²) in [5.41, 5.74) is -0.00762. The van der Waals surface area contributed by atoms with Crippen molar-refractivity contribution in [3.63, 3.8) is 0 Å². The molecule has 5 heteroatoms. The Hall–Kier alpha value is -1.88. The van der Waals surface area contributed by atoms with Crippen LogP contribution < -0.4 is 5.32 Å². The number of carboxylic acid groups (broad SMARTS) is 1. The third-order valence-electron chi connectivity index (χ3n) is 2.44. The number of amides is 1. The Morgan fingerprint density at radius 1 is 1.39 bits per heavy atom. The summed E-state index contributed by atoms with van der Waals surface area (Å²) in [7, 11) is 0. The van der Waals surface area contributed by atoms with Gasteiger partial charge >= 0.3 is 5.97 Å². The number of aliphatic carboxylic acids is 1. The average molecular weight is 251 g/mol. The summed E-state index contributed by atoms with van der Waals surface area (Å²) >= 11 is 0. The van der Waals surface area contributed by atoms with Crippen LogP contribution in [0.25, 0.3) is 0 Å². The Kier molecular flexibility index (Phi) is 4.44. The summed E-state index contributed by atoms with van der Waals surface area (Å²) in [5, 5.41) is 20.9. The second-order valence-corrected chi connectivity index (χ2v) is 4.62. The van der Waals surface area contributed by atoms with Gasteiger partial charge in [-0.15, -0.1) is 0 Å². The molecule has 3 N–H and O–H groups in total. The van der Waals surface area contributed by atoms with E-state index in [4.69, 9.17) is 5.11 Å². The number of carbonyl (C=O) groups excluding carboxylic acids is 1. The summed E-state index contributed by atoms with van der Waals surface area (Å²) in [4.78, 5) is 22.3. The number of aliphatic hydroxyl groups is 1. The van der Waals surface area contributed by atoms with Crippen LogP contribution in [-0.4, -0.2) is 34.2 Å². The Morgan fingerprint density at radius 3 is 2.61 bits per heavy atom. The lowest BCUT2D eigenvalue weighted by Gasteiger charge is -2.21. The fourth-order valence-corrected chi connectivity index (χ4v) is 1.55. The SMILES string of the molecule is Cc1cccc(C(=O)NCC(C)(O)CC(=O)O)c1. The van der Waals surface area contributed by atoms with Crippen molar-refractivity contribution in [3.8, 4) is 0 Å². The molecular formula is C13H17NO4. The van der Waals surface area contributed by atoms with Gasteiger partial charge in [-0.2, -0.15) is 0 Å². The molecule has 0 aliphatic heterocycles. The monoisotopic (exact) mass is 251 g/mol. The molecule has 18 heavy (non-hydrogen) atoms. The predicted octanol–water partition coefficient (Wildman–Crippen LogP) is 0.951. The highest BCUT2D eigenvalue weighted by Crippen LogP contribution is 2.09. The van der Waals surface area contributed by atoms with Crippen molar-refractivity contribution >= 4 is 11.9 Å². The third-order valence-corrected chi connectivity index (χ3v) is 2.44. The molecule has 1 aromatic carbocycles. The van der Waals surface area contributed by atoms with Crippen molar-refractivity contribution in [3.05, 3.63) is 35.4 Å². The van der Waals surface area contributed by atoms with Crippen molar-refractivity contribution in [1.82, 2.24) is 5.32 Å². The second kappa shape index (κ2) is 5.64. The van der Waals surface area contributed by atoms with Gasteiger partial charge in [0.1, 0.15) is 0 Å². The first-order valence-electron chi connectivity index (χ1n) is 5.59. The number of carbonyl (C=O) groups is 2. The van der Waals surface area contributed by atoms with Crippen LogP contribution in [0.3, 0.4) is 0 Å². The van der Waals surface area contributed by atoms with Gasteiger partial charge in [0, 0.05) is 12.1 Å². The average Bonchev–Trinajstić information content (AvgIpc) is 2.24. The highest BCUT2D eigenvalue weighted by atomic mass is 16.4. The van der Waals surface area contributed by atoms with E-state index in [1.54, 1.807) is 18.2 Å². The van der Waals surface area contributed by atoms with E-state index in [1.165, 1.54) is 6.92 Å². The minimum atomic E-state index is -1.45. The smallest absolute Gasteiger partial charge is 0.306 e. The number of aryl methyl sites for hydroxylation is 1. The maximum atomic E-state index is 11.8. The molecule has 0 radical (unpaired) electrons. The standard InChI is InChI=1S/C13H17NO4/c1-9-4-3-5-10(6-9)12(17)14-8-13(2,18)7-11(15)16/h3-6,18H,7-8H2,1-2H3,(H,14,17)(H,15,16). The Labute approximate surface area is 105 Å². The van der Waals surface area contributed by atoms with E-state index in [0.717, 1.165) is 5.56 Å². The summed E-state index contributed by atoms with van der Waals surface area (Å²) in [6.45, 7) is 3.14. The largest absolute Gasteiger partial charge is 0.481 e. The Morgan fingerprint density at radius 2 is 2.06 bits per heavy atom. The van der Waals surface area contributed by atoms with E-state index in [9.17, 15) is 14.7 Å². The summed E-state index contributed by atoms with van der Waals surface area (Å²) in [5.74, 6) is -1.44. The quantitative estimate of drug-likeness (QED) is 0.727. The van der Waals surface area contributed by atoms with Crippen LogP contribution in [0, 0.1) is 6.92 Å². The molecule has 0 aliphatic carbocycles. The molecule has 0 spiro atoms. The molecule has 1 aromatic rings. The molecule has 0 heterocycles. The lowest BCUT2D eigenvalue weighted by Crippen LogP contribution is -2.42. The van der Waals surface area contributed by atoms with Gasteiger partial charge in [0.2, 0.25) is 0 Å². The summed E-state index contributed by atoms with van der Waals surface area (Å²) in [6, 6.07) is 7.02. The lowest BCUT2D eigenvalue weighted by molar-refractivity contribution is -0.141. The minimum Gasteiger partial charge on any atom is -0.481 e. The third kappa shape index (κ3) is 4.55. The van der Waals surface area contributed by atoms with Crippen LogP contribution in [0.15, 0.2) is 24.3 Å². The first-order chi connectivity index (χ1) is 8.30. The zero-order valence-corrected chi connectivity index (χ0v) is 10.4. The number of nitrogens with one attached hydrogen (secondary N) is 1. The van der Waals surface area contributed by atoms with Crippen LogP contribution in [0.2, 0.25) is 0 Å². The maximum absolute atomic E-state index is 11.8. The van der Waals surface area contributed by atoms with Crippen LogP contribution >= 0.6 is 0 Å². The number of carboxylic acids is 1. The van der Waals surface area contributed by atoms with Gasteiger partial charge in [-0.1, -0.05) is 17.7 Å². The molecule has 0 saturated heterocycles. The molecule has 1 unspecified atom stereocenters. The highest BCUT2D eigenvalue weighted by molar-refractivity contribution is 5.94. The molecule has 0 aliphatic rings. The molecule has 1 amide bonds. The van der Waals surface area contributed by atoms with Crippen LogP contribution in [-0.2, 0) is 4.79 Å². The lowest BCUT2D eigenvalue weighted by atomic mass is 10.0. The van der Waals surface area contributed by atoms with E-state index >= 15 is 0 Å². The highest BCUT2D eigenvalue weighted by Gasteiger charge is 2.24. The van der Waals surface area contributed by atoms with Gasteiger partial charge in [0.05, 0.1) is 12.0 Å². The van der Waals surface area contributed by atoms with Gasteiger partial charge < -0.3 is 15.5 Å². The fraction of sp³-hybridized carbons (Fsp3) is 0.385. The summed E-state index contributed by atoms with van der Waals surface area (Å²) < 4.78 is 0. The number of hydrogen-bond acceptors (Lipinski definition) is 3. The van der Waals surface area contributed by atoms with E-state index in [0.29, 0.717) is 5.56 Å². The van der Waals surface area contributed by atoms with Gasteiger partial charge in [0.25, 0.3) is 5.91 Å². The van der Waals surface area contributed by atoms with Crippen molar-refractivity contribution < 1.29 is 19.8 Å². The van der Waals surface area contributed by atoms with Gasteiger partial charge in [0.15, 0.2) is 0 Å². The summed E-state index contributed by atoms with van der Waals surface area (Å²) in [6.07, 6.45) is -0.416. The van der Waals surface area contributed by atoms with E-state index in [1.807, 2.05) is 13.0 Å². The minimum absolute atomic E-state index is 0.105. The van der Waals surface area contributed by atoms with Crippen LogP contribution in [0.4, 0.5) is 0 Å². The van der Waals surface area contributed by atoms with E-state index < -0.39 is 18.0 Å². The topological polar surface area (TPSA) is 86.6 Å². The zero-order valence-electron chi connectivity index (χ0n) is 10.4. The van der Waals surface area contributed by atoms with Crippen LogP contribution in [0.5, 0.6) is 0 Å². The Bertz CT molecular complexity index is 454. The molecule has 0 fully saturated rings. The van der Waals surface area contributed by atoms with E-state index in [2.05, 4.69) is 5.32 Å². The van der Waals surface area contributed by atoms with Crippen molar-refractivity contribution in [2.24, 2.45) is 0 Å². The zero-order chi connectivity index (χ0) is 13.8. The van der Waals surface area contributed by atoms with E-state index in [-0.39, 0.29) is 12.5 Å². The van der Waals surface area contributed by atoms with Crippen LogP contribution in [0.1, 0.15) is 29.3 Å². The van der Waals surface area contributed by atoms with Gasteiger partial charge in [-0.05, 0) is 26.0 Å². The molecule has 0 aromatic heterocycles. The normalized spacial score (nSPS) is 13.7. The predicted molar refractivity (Wildman–Crippen MR) is 66.4 cm³/mol. The Balaban J connectivity index is 2.58. The number of hydrogen-bond donors (Lipinski definition) is 3. The van der Waals surface area contributed by atoms with Crippen molar-refractivity contribution in [1.29, 1.82) is 0 Å². The molecule has 1 atom stereocenters. The number of benzene rings is 1. The molecule has 5 nitrogen and oxygen atoms in total. The molecule has 0 saturated carbocycles. The first kappa shape index (κ1) is 14.2. The molecular weight excluding hydrogens is 234 g/mol. The second-order valence-electron chi connectivity index (χ2n) is 4.62. The van der Waals surface area contributed by atoms with Crippen molar-refractivity contribution in [2.75, 3.05) is 6.54 Å². The van der Waals surface area contributed by atoms with Gasteiger partial charge in [-0.3, -0.25) is 9.59 Å². The van der Waals surface area contributed by atoms with Crippen molar-refractivity contribution in [2.45, 2.75) is 25.9 Å². The first-order valence-corrected chi connectivity index (χ1v) is 5.59. The molecule has 1 rings (SSSR count). The molecule has 98 valence electrons.